The van der Waals surface area contributed by atoms with Crippen LogP contribution in [0.4, 0.5) is 0 Å². The largest absolute Gasteiger partial charge is 0.339 e. The van der Waals surface area contributed by atoms with Gasteiger partial charge >= 0.3 is 0 Å². The molecule has 78 valence electrons. The maximum Gasteiger partial charge on any atom is 0.227 e. The molecule has 0 aliphatic heterocycles. The van der Waals surface area contributed by atoms with Gasteiger partial charge in [0.15, 0.2) is 5.82 Å². The minimum atomic E-state index is 0.401. The van der Waals surface area contributed by atoms with Crippen molar-refractivity contribution in [3.8, 4) is 0 Å². The molecule has 0 atom stereocenters. The van der Waals surface area contributed by atoms with E-state index in [0.29, 0.717) is 23.8 Å². The van der Waals surface area contributed by atoms with Crippen molar-refractivity contribution in [3.05, 3.63) is 11.7 Å². The summed E-state index contributed by atoms with van der Waals surface area (Å²) in [5.41, 5.74) is 5.67. The van der Waals surface area contributed by atoms with Gasteiger partial charge in [0.1, 0.15) is 0 Å². The summed E-state index contributed by atoms with van der Waals surface area (Å²) in [4.78, 5) is 4.12. The van der Waals surface area contributed by atoms with E-state index in [1.165, 1.54) is 0 Å². The van der Waals surface area contributed by atoms with Gasteiger partial charge in [-0.25, -0.2) is 0 Å². The van der Waals surface area contributed by atoms with Crippen LogP contribution in [-0.2, 0) is 6.42 Å². The summed E-state index contributed by atoms with van der Waals surface area (Å²) in [6, 6.07) is 0.993. The van der Waals surface area contributed by atoms with Crippen LogP contribution in [0.1, 0.15) is 24.6 Å². The number of nitrogens with one attached hydrogen (secondary N) is 1. The highest BCUT2D eigenvalue weighted by atomic mass is 16.5. The average Bonchev–Trinajstić information content (AvgIpc) is 2.48. The first-order chi connectivity index (χ1) is 6.74. The van der Waals surface area contributed by atoms with Gasteiger partial charge in [-0.15, -0.1) is 0 Å². The van der Waals surface area contributed by atoms with E-state index in [4.69, 9.17) is 10.3 Å². The van der Waals surface area contributed by atoms with E-state index in [1.54, 1.807) is 0 Å². The SMILES string of the molecule is Cc1noc(CCNC2CC(N)C2)n1. The molecule has 0 saturated heterocycles. The molecule has 1 fully saturated rings. The molecule has 1 aliphatic rings. The van der Waals surface area contributed by atoms with Crippen LogP contribution >= 0.6 is 0 Å². The Hall–Kier alpha value is -0.940. The Morgan fingerprint density at radius 3 is 2.93 bits per heavy atom. The number of aryl methyl sites for hydroxylation is 1. The molecule has 5 nitrogen and oxygen atoms in total. The molecule has 0 bridgehead atoms. The van der Waals surface area contributed by atoms with Crippen LogP contribution in [0.15, 0.2) is 4.52 Å². The van der Waals surface area contributed by atoms with Crippen LogP contribution < -0.4 is 11.1 Å². The molecule has 0 aromatic carbocycles. The number of nitrogens with two attached hydrogens (primary N) is 1. The van der Waals surface area contributed by atoms with Gasteiger partial charge in [-0.1, -0.05) is 5.16 Å². The zero-order valence-electron chi connectivity index (χ0n) is 8.36. The van der Waals surface area contributed by atoms with Gasteiger partial charge in [-0.3, -0.25) is 0 Å². The Bertz CT molecular complexity index is 293. The molecule has 1 aromatic heterocycles. The topological polar surface area (TPSA) is 77.0 Å². The Morgan fingerprint density at radius 2 is 2.36 bits per heavy atom. The van der Waals surface area contributed by atoms with Gasteiger partial charge in [-0.05, 0) is 19.8 Å². The molecule has 1 aromatic rings. The molecule has 0 unspecified atom stereocenters. The van der Waals surface area contributed by atoms with E-state index in [1.807, 2.05) is 6.92 Å². The Kier molecular flexibility index (Phi) is 2.79. The molecule has 2 rings (SSSR count). The fraction of sp³-hybridized carbons (Fsp3) is 0.778. The van der Waals surface area contributed by atoms with Crippen molar-refractivity contribution >= 4 is 0 Å². The molecule has 1 saturated carbocycles. The van der Waals surface area contributed by atoms with E-state index in [2.05, 4.69) is 15.5 Å². The number of nitrogens with zero attached hydrogens (tertiary/aromatic N) is 2. The predicted octanol–water partition coefficient (Wildman–Crippen LogP) is -0.000180. The smallest absolute Gasteiger partial charge is 0.227 e. The quantitative estimate of drug-likeness (QED) is 0.708. The summed E-state index contributed by atoms with van der Waals surface area (Å²) in [5, 5.41) is 7.13. The molecule has 5 heteroatoms. The van der Waals surface area contributed by atoms with E-state index in [0.717, 1.165) is 25.8 Å². The van der Waals surface area contributed by atoms with Gasteiger partial charge in [0.05, 0.1) is 0 Å². The van der Waals surface area contributed by atoms with Crippen molar-refractivity contribution in [2.24, 2.45) is 5.73 Å². The summed E-state index contributed by atoms with van der Waals surface area (Å²) < 4.78 is 4.99. The molecule has 14 heavy (non-hydrogen) atoms. The second-order valence-electron chi connectivity index (χ2n) is 3.87. The lowest BCUT2D eigenvalue weighted by Crippen LogP contribution is -2.48. The molecule has 3 N–H and O–H groups in total. The maximum atomic E-state index is 5.67. The maximum absolute atomic E-state index is 5.67. The first-order valence-electron chi connectivity index (χ1n) is 5.02. The third-order valence-electron chi connectivity index (χ3n) is 2.52. The third kappa shape index (κ3) is 2.30. The van der Waals surface area contributed by atoms with Gasteiger partial charge in [0.2, 0.25) is 5.89 Å². The van der Waals surface area contributed by atoms with Gasteiger partial charge in [-0.2, -0.15) is 4.98 Å². The van der Waals surface area contributed by atoms with Crippen LogP contribution in [0.2, 0.25) is 0 Å². The summed E-state index contributed by atoms with van der Waals surface area (Å²) >= 11 is 0. The molecule has 0 amide bonds. The fourth-order valence-corrected chi connectivity index (χ4v) is 1.65. The van der Waals surface area contributed by atoms with Crippen molar-refractivity contribution in [2.75, 3.05) is 6.54 Å². The van der Waals surface area contributed by atoms with Crippen molar-refractivity contribution in [3.63, 3.8) is 0 Å². The standard InChI is InChI=1S/C9H16N4O/c1-6-12-9(14-13-6)2-3-11-8-4-7(10)5-8/h7-8,11H,2-5,10H2,1H3. The van der Waals surface area contributed by atoms with Crippen LogP contribution in [0, 0.1) is 6.92 Å². The average molecular weight is 196 g/mol. The Balaban J connectivity index is 1.63. The number of hydrogen-bond donors (Lipinski definition) is 2. The third-order valence-corrected chi connectivity index (χ3v) is 2.52. The highest BCUT2D eigenvalue weighted by Crippen LogP contribution is 2.16. The molecule has 1 aliphatic carbocycles. The number of rotatable bonds is 4. The van der Waals surface area contributed by atoms with E-state index in [9.17, 15) is 0 Å². The Labute approximate surface area is 83.1 Å². The second kappa shape index (κ2) is 4.06. The predicted molar refractivity (Wildman–Crippen MR) is 51.7 cm³/mol. The second-order valence-corrected chi connectivity index (χ2v) is 3.87. The lowest BCUT2D eigenvalue weighted by atomic mass is 9.88. The summed E-state index contributed by atoms with van der Waals surface area (Å²) in [6.07, 6.45) is 2.97. The monoisotopic (exact) mass is 196 g/mol. The van der Waals surface area contributed by atoms with Crippen molar-refractivity contribution in [2.45, 2.75) is 38.3 Å². The van der Waals surface area contributed by atoms with Gasteiger partial charge < -0.3 is 15.6 Å². The molecule has 0 spiro atoms. The van der Waals surface area contributed by atoms with Crippen LogP contribution in [0.3, 0.4) is 0 Å². The minimum absolute atomic E-state index is 0.401. The normalized spacial score (nSPS) is 26.1. The fourth-order valence-electron chi connectivity index (χ4n) is 1.65. The lowest BCUT2D eigenvalue weighted by Gasteiger charge is -2.33. The molecular weight excluding hydrogens is 180 g/mol. The van der Waals surface area contributed by atoms with Crippen molar-refractivity contribution in [1.29, 1.82) is 0 Å². The number of aromatic nitrogens is 2. The first-order valence-corrected chi connectivity index (χ1v) is 5.02. The van der Waals surface area contributed by atoms with Gasteiger partial charge in [0, 0.05) is 25.0 Å². The highest BCUT2D eigenvalue weighted by Gasteiger charge is 2.24. The van der Waals surface area contributed by atoms with Crippen LogP contribution in [-0.4, -0.2) is 28.8 Å². The van der Waals surface area contributed by atoms with E-state index in [-0.39, 0.29) is 0 Å². The highest BCUT2D eigenvalue weighted by molar-refractivity contribution is 4.89. The lowest BCUT2D eigenvalue weighted by molar-refractivity contribution is 0.288. The number of hydrogen-bond acceptors (Lipinski definition) is 5. The molecular formula is C9H16N4O. The molecule has 0 radical (unpaired) electrons. The van der Waals surface area contributed by atoms with E-state index < -0.39 is 0 Å². The van der Waals surface area contributed by atoms with E-state index >= 15 is 0 Å². The van der Waals surface area contributed by atoms with Crippen LogP contribution in [0.25, 0.3) is 0 Å². The molecule has 1 heterocycles. The Morgan fingerprint density at radius 1 is 1.57 bits per heavy atom. The summed E-state index contributed by atoms with van der Waals surface area (Å²) in [7, 11) is 0. The van der Waals surface area contributed by atoms with Crippen molar-refractivity contribution < 1.29 is 4.52 Å². The van der Waals surface area contributed by atoms with Crippen LogP contribution in [0.5, 0.6) is 0 Å². The first kappa shape index (κ1) is 9.61. The van der Waals surface area contributed by atoms with Crippen molar-refractivity contribution in [1.82, 2.24) is 15.5 Å². The zero-order valence-corrected chi connectivity index (χ0v) is 8.36. The van der Waals surface area contributed by atoms with Gasteiger partial charge in [0.25, 0.3) is 0 Å². The zero-order chi connectivity index (χ0) is 9.97. The summed E-state index contributed by atoms with van der Waals surface area (Å²) in [6.45, 7) is 2.71. The minimum Gasteiger partial charge on any atom is -0.339 e. The summed E-state index contributed by atoms with van der Waals surface area (Å²) in [5.74, 6) is 1.41.